The van der Waals surface area contributed by atoms with Crippen molar-refractivity contribution in [2.75, 3.05) is 18.4 Å². The van der Waals surface area contributed by atoms with E-state index in [1.807, 2.05) is 42.0 Å². The van der Waals surface area contributed by atoms with Gasteiger partial charge in [0.1, 0.15) is 11.0 Å². The molecule has 0 aliphatic carbocycles. The third-order valence-corrected chi connectivity index (χ3v) is 7.62. The van der Waals surface area contributed by atoms with Gasteiger partial charge in [-0.15, -0.1) is 11.3 Å². The Morgan fingerprint density at radius 3 is 2.26 bits per heavy atom. The number of aryl methyl sites for hydroxylation is 1. The number of aromatic nitrogens is 1. The van der Waals surface area contributed by atoms with Crippen molar-refractivity contribution in [1.29, 1.82) is 0 Å². The molecule has 0 bridgehead atoms. The highest BCUT2D eigenvalue weighted by atomic mass is 32.2. The number of anilines is 1. The molecule has 12 heteroatoms. The molecule has 0 radical (unpaired) electrons. The summed E-state index contributed by atoms with van der Waals surface area (Å²) in [5, 5.41) is 3.81. The molecule has 0 aliphatic rings. The number of benzene rings is 2. The second-order valence-electron chi connectivity index (χ2n) is 8.52. The van der Waals surface area contributed by atoms with Crippen LogP contribution in [0.25, 0.3) is 0 Å². The lowest BCUT2D eigenvalue weighted by atomic mass is 10.0. The molecular formula is C26H32N4O6S2. The second kappa shape index (κ2) is 13.4. The molecule has 2 amide bonds. The van der Waals surface area contributed by atoms with Crippen LogP contribution in [0, 0.1) is 0 Å². The third kappa shape index (κ3) is 8.27. The fourth-order valence-corrected chi connectivity index (χ4v) is 5.33. The van der Waals surface area contributed by atoms with Crippen molar-refractivity contribution in [2.24, 2.45) is 0 Å². The Balaban J connectivity index is 1.89. The van der Waals surface area contributed by atoms with Crippen LogP contribution in [0.3, 0.4) is 0 Å². The van der Waals surface area contributed by atoms with Gasteiger partial charge in [0.2, 0.25) is 5.91 Å². The number of hydrogen-bond acceptors (Lipinski definition) is 7. The van der Waals surface area contributed by atoms with E-state index in [0.717, 1.165) is 27.4 Å². The summed E-state index contributed by atoms with van der Waals surface area (Å²) < 4.78 is 38.2. The van der Waals surface area contributed by atoms with Gasteiger partial charge in [-0.2, -0.15) is 8.42 Å². The highest BCUT2D eigenvalue weighted by Crippen LogP contribution is 2.26. The predicted octanol–water partition coefficient (Wildman–Crippen LogP) is 4.02. The van der Waals surface area contributed by atoms with E-state index < -0.39 is 28.5 Å². The molecule has 0 spiro atoms. The fraction of sp³-hybridized carbons (Fsp3) is 0.346. The SMILES string of the molecule is CCc1cnc(C(Cc2ccc(NS(=O)(=O)O)cc2)NC(=O)C(Cc2ccccc2)N(CC)C(=O)OC)s1. The largest absolute Gasteiger partial charge is 0.453 e. The summed E-state index contributed by atoms with van der Waals surface area (Å²) in [6, 6.07) is 14.6. The van der Waals surface area contributed by atoms with Crippen molar-refractivity contribution < 1.29 is 27.3 Å². The van der Waals surface area contributed by atoms with Crippen LogP contribution in [-0.2, 0) is 39.1 Å². The van der Waals surface area contributed by atoms with Crippen LogP contribution in [0.1, 0.15) is 40.9 Å². The van der Waals surface area contributed by atoms with Crippen molar-refractivity contribution in [3.05, 3.63) is 81.8 Å². The van der Waals surface area contributed by atoms with E-state index in [2.05, 4.69) is 10.3 Å². The monoisotopic (exact) mass is 560 g/mol. The summed E-state index contributed by atoms with van der Waals surface area (Å²) in [6.45, 7) is 4.09. The maximum absolute atomic E-state index is 13.7. The maximum atomic E-state index is 13.7. The average molecular weight is 561 g/mol. The van der Waals surface area contributed by atoms with Gasteiger partial charge in [-0.25, -0.2) is 9.78 Å². The summed E-state index contributed by atoms with van der Waals surface area (Å²) in [6.07, 6.45) is 2.67. The van der Waals surface area contributed by atoms with Crippen LogP contribution in [0.5, 0.6) is 0 Å². The lowest BCUT2D eigenvalue weighted by molar-refractivity contribution is -0.126. The zero-order valence-corrected chi connectivity index (χ0v) is 23.1. The summed E-state index contributed by atoms with van der Waals surface area (Å²) in [5.74, 6) is -0.344. The van der Waals surface area contributed by atoms with Crippen LogP contribution in [0.15, 0.2) is 60.8 Å². The van der Waals surface area contributed by atoms with E-state index in [4.69, 9.17) is 9.29 Å². The van der Waals surface area contributed by atoms with E-state index in [1.54, 1.807) is 25.3 Å². The Kier molecular flexibility index (Phi) is 10.2. The van der Waals surface area contributed by atoms with Crippen molar-refractivity contribution in [2.45, 2.75) is 45.2 Å². The third-order valence-electron chi connectivity index (χ3n) is 5.88. The Morgan fingerprint density at radius 2 is 1.71 bits per heavy atom. The van der Waals surface area contributed by atoms with E-state index in [0.29, 0.717) is 12.8 Å². The first kappa shape index (κ1) is 29.1. The molecule has 3 N–H and O–H groups in total. The van der Waals surface area contributed by atoms with Crippen LogP contribution in [0.4, 0.5) is 10.5 Å². The number of hydrogen-bond donors (Lipinski definition) is 3. The summed E-state index contributed by atoms with van der Waals surface area (Å²) in [7, 11) is -3.10. The minimum atomic E-state index is -4.39. The predicted molar refractivity (Wildman–Crippen MR) is 146 cm³/mol. The van der Waals surface area contributed by atoms with E-state index in [-0.39, 0.29) is 18.1 Å². The molecule has 3 rings (SSSR count). The number of thiazole rings is 1. The Morgan fingerprint density at radius 1 is 1.05 bits per heavy atom. The van der Waals surface area contributed by atoms with Crippen molar-refractivity contribution in [3.8, 4) is 0 Å². The molecular weight excluding hydrogens is 528 g/mol. The maximum Gasteiger partial charge on any atom is 0.410 e. The molecule has 0 aliphatic heterocycles. The molecule has 38 heavy (non-hydrogen) atoms. The molecule has 2 unspecified atom stereocenters. The quantitative estimate of drug-likeness (QED) is 0.285. The van der Waals surface area contributed by atoms with Gasteiger partial charge in [0.25, 0.3) is 0 Å². The zero-order chi connectivity index (χ0) is 27.7. The molecule has 2 aromatic carbocycles. The van der Waals surface area contributed by atoms with Crippen molar-refractivity contribution in [1.82, 2.24) is 15.2 Å². The van der Waals surface area contributed by atoms with Gasteiger partial charge >= 0.3 is 16.4 Å². The number of methoxy groups -OCH3 is 1. The van der Waals surface area contributed by atoms with Gasteiger partial charge in [0.05, 0.1) is 18.8 Å². The van der Waals surface area contributed by atoms with Gasteiger partial charge in [-0.3, -0.25) is 19.0 Å². The lowest BCUT2D eigenvalue weighted by Gasteiger charge is -2.30. The highest BCUT2D eigenvalue weighted by molar-refractivity contribution is 7.87. The van der Waals surface area contributed by atoms with Crippen LogP contribution < -0.4 is 10.0 Å². The van der Waals surface area contributed by atoms with E-state index in [1.165, 1.54) is 35.5 Å². The van der Waals surface area contributed by atoms with Crippen molar-refractivity contribution >= 4 is 39.3 Å². The Bertz CT molecular complexity index is 1310. The number of amides is 2. The molecule has 3 aromatic rings. The lowest BCUT2D eigenvalue weighted by Crippen LogP contribution is -2.51. The minimum Gasteiger partial charge on any atom is -0.453 e. The summed E-state index contributed by atoms with van der Waals surface area (Å²) >= 11 is 1.50. The number of carbonyl (C=O) groups is 2. The summed E-state index contributed by atoms with van der Waals surface area (Å²) in [5.41, 5.74) is 1.92. The number of likely N-dealkylation sites (N-methyl/N-ethyl adjacent to an activating group) is 1. The Labute approximate surface area is 226 Å². The van der Waals surface area contributed by atoms with Crippen LogP contribution >= 0.6 is 11.3 Å². The molecule has 204 valence electrons. The van der Waals surface area contributed by atoms with Crippen molar-refractivity contribution in [3.63, 3.8) is 0 Å². The molecule has 10 nitrogen and oxygen atoms in total. The second-order valence-corrected chi connectivity index (χ2v) is 10.8. The van der Waals surface area contributed by atoms with Gasteiger partial charge in [0, 0.05) is 24.0 Å². The number of nitrogens with one attached hydrogen (secondary N) is 2. The Hall–Kier alpha value is -3.48. The smallest absolute Gasteiger partial charge is 0.410 e. The molecule has 0 saturated carbocycles. The summed E-state index contributed by atoms with van der Waals surface area (Å²) in [4.78, 5) is 33.3. The normalized spacial score (nSPS) is 12.8. The van der Waals surface area contributed by atoms with Gasteiger partial charge in [0.15, 0.2) is 0 Å². The average Bonchev–Trinajstić information content (AvgIpc) is 3.38. The zero-order valence-electron chi connectivity index (χ0n) is 21.5. The van der Waals surface area contributed by atoms with Crippen LogP contribution in [-0.4, -0.2) is 54.6 Å². The topological polar surface area (TPSA) is 138 Å². The molecule has 0 saturated heterocycles. The fourth-order valence-electron chi connectivity index (χ4n) is 3.98. The molecule has 1 heterocycles. The number of ether oxygens (including phenoxy) is 1. The first-order valence-corrected chi connectivity index (χ1v) is 14.4. The number of rotatable bonds is 12. The number of carbonyl (C=O) groups excluding carboxylic acids is 2. The van der Waals surface area contributed by atoms with Gasteiger partial charge in [-0.05, 0) is 43.0 Å². The molecule has 0 fully saturated rings. The van der Waals surface area contributed by atoms with E-state index in [9.17, 15) is 18.0 Å². The number of nitrogens with zero attached hydrogens (tertiary/aromatic N) is 2. The highest BCUT2D eigenvalue weighted by Gasteiger charge is 2.32. The van der Waals surface area contributed by atoms with Gasteiger partial charge < -0.3 is 10.1 Å². The molecule has 2 atom stereocenters. The first-order chi connectivity index (χ1) is 18.1. The standard InChI is InChI=1S/C26H32N4O6S2/c1-4-21-17-27-25(37-21)22(15-19-11-13-20(14-12-19)29-38(33,34)35)28-24(31)23(30(5-2)26(32)36-3)16-18-9-7-6-8-10-18/h6-14,17,22-23,29H,4-5,15-16H2,1-3H3,(H,28,31)(H,33,34,35). The van der Waals surface area contributed by atoms with Gasteiger partial charge in [-0.1, -0.05) is 49.4 Å². The van der Waals surface area contributed by atoms with E-state index >= 15 is 0 Å². The minimum absolute atomic E-state index is 0.207. The van der Waals surface area contributed by atoms with Crippen LogP contribution in [0.2, 0.25) is 0 Å². The molecule has 1 aromatic heterocycles. The first-order valence-electron chi connectivity index (χ1n) is 12.1.